The smallest absolute Gasteiger partial charge is 0.251 e. The van der Waals surface area contributed by atoms with Gasteiger partial charge in [0, 0.05) is 17.7 Å². The Labute approximate surface area is 122 Å². The normalized spacial score (nSPS) is 10.0. The number of carbonyl (C=O) groups excluding carboxylic acids is 1. The molecule has 2 rings (SSSR count). The van der Waals surface area contributed by atoms with Gasteiger partial charge >= 0.3 is 0 Å². The molecule has 0 saturated carbocycles. The quantitative estimate of drug-likeness (QED) is 0.920. The third-order valence-electron chi connectivity index (χ3n) is 3.05. The van der Waals surface area contributed by atoms with E-state index < -0.39 is 5.82 Å². The summed E-state index contributed by atoms with van der Waals surface area (Å²) in [5.74, 6) is -0.125. The first-order chi connectivity index (χ1) is 10.2. The summed E-state index contributed by atoms with van der Waals surface area (Å²) in [6.07, 6.45) is 0. The van der Waals surface area contributed by atoms with E-state index in [1.165, 1.54) is 19.2 Å². The molecule has 110 valence electrons. The molecule has 21 heavy (non-hydrogen) atoms. The standard InChI is InChI=1S/C16H16FNO3/c1-20-14-6-4-3-5-12(14)10-18-16(19)11-7-8-15(21-2)13(17)9-11/h3-9H,10H2,1-2H3,(H,18,19). The van der Waals surface area contributed by atoms with Crippen LogP contribution in [0.5, 0.6) is 11.5 Å². The second kappa shape index (κ2) is 6.74. The Balaban J connectivity index is 2.06. The zero-order valence-electron chi connectivity index (χ0n) is 11.9. The van der Waals surface area contributed by atoms with Gasteiger partial charge in [-0.15, -0.1) is 0 Å². The lowest BCUT2D eigenvalue weighted by molar-refractivity contribution is 0.0950. The van der Waals surface area contributed by atoms with E-state index in [-0.39, 0.29) is 17.2 Å². The molecular formula is C16H16FNO3. The third kappa shape index (κ3) is 3.51. The number of rotatable bonds is 5. The Hall–Kier alpha value is -2.56. The highest BCUT2D eigenvalue weighted by molar-refractivity contribution is 5.94. The Morgan fingerprint density at radius 2 is 1.81 bits per heavy atom. The molecule has 0 saturated heterocycles. The maximum absolute atomic E-state index is 13.6. The van der Waals surface area contributed by atoms with Crippen molar-refractivity contribution < 1.29 is 18.7 Å². The maximum Gasteiger partial charge on any atom is 0.251 e. The molecule has 0 fully saturated rings. The van der Waals surface area contributed by atoms with Gasteiger partial charge in [-0.05, 0) is 24.3 Å². The van der Waals surface area contributed by atoms with Gasteiger partial charge in [-0.25, -0.2) is 4.39 Å². The van der Waals surface area contributed by atoms with Crippen LogP contribution in [0, 0.1) is 5.82 Å². The van der Waals surface area contributed by atoms with Gasteiger partial charge in [0.05, 0.1) is 14.2 Å². The van der Waals surface area contributed by atoms with Gasteiger partial charge in [-0.2, -0.15) is 0 Å². The van der Waals surface area contributed by atoms with E-state index in [2.05, 4.69) is 5.32 Å². The van der Waals surface area contributed by atoms with Crippen LogP contribution in [0.3, 0.4) is 0 Å². The summed E-state index contributed by atoms with van der Waals surface area (Å²) >= 11 is 0. The van der Waals surface area contributed by atoms with Crippen molar-refractivity contribution in [2.24, 2.45) is 0 Å². The molecule has 0 bridgehead atoms. The highest BCUT2D eigenvalue weighted by atomic mass is 19.1. The van der Waals surface area contributed by atoms with Crippen molar-refractivity contribution in [2.45, 2.75) is 6.54 Å². The number of ether oxygens (including phenoxy) is 2. The zero-order valence-corrected chi connectivity index (χ0v) is 11.9. The summed E-state index contributed by atoms with van der Waals surface area (Å²) in [5.41, 5.74) is 1.09. The van der Waals surface area contributed by atoms with Gasteiger partial charge in [0.2, 0.25) is 0 Å². The number of benzene rings is 2. The summed E-state index contributed by atoms with van der Waals surface area (Å²) in [6, 6.07) is 11.5. The molecule has 0 spiro atoms. The number of methoxy groups -OCH3 is 2. The minimum absolute atomic E-state index is 0.108. The van der Waals surface area contributed by atoms with E-state index in [0.717, 1.165) is 11.6 Å². The monoisotopic (exact) mass is 289 g/mol. The van der Waals surface area contributed by atoms with E-state index in [9.17, 15) is 9.18 Å². The molecule has 0 aliphatic heterocycles. The lowest BCUT2D eigenvalue weighted by Gasteiger charge is -2.10. The van der Waals surface area contributed by atoms with Crippen molar-refractivity contribution in [1.82, 2.24) is 5.32 Å². The van der Waals surface area contributed by atoms with Crippen LogP contribution in [-0.4, -0.2) is 20.1 Å². The number of carbonyl (C=O) groups is 1. The number of amides is 1. The van der Waals surface area contributed by atoms with E-state index in [1.54, 1.807) is 7.11 Å². The molecule has 0 unspecified atom stereocenters. The second-order valence-corrected chi connectivity index (χ2v) is 4.34. The van der Waals surface area contributed by atoms with E-state index in [4.69, 9.17) is 9.47 Å². The molecule has 2 aromatic rings. The van der Waals surface area contributed by atoms with Gasteiger partial charge in [0.1, 0.15) is 5.75 Å². The minimum atomic E-state index is -0.567. The Kier molecular flexibility index (Phi) is 4.77. The van der Waals surface area contributed by atoms with Crippen LogP contribution >= 0.6 is 0 Å². The fraction of sp³-hybridized carbons (Fsp3) is 0.188. The molecule has 0 aromatic heterocycles. The number of hydrogen-bond acceptors (Lipinski definition) is 3. The number of hydrogen-bond donors (Lipinski definition) is 1. The lowest BCUT2D eigenvalue weighted by atomic mass is 10.1. The predicted octanol–water partition coefficient (Wildman–Crippen LogP) is 2.77. The van der Waals surface area contributed by atoms with Crippen molar-refractivity contribution in [3.8, 4) is 11.5 Å². The lowest BCUT2D eigenvalue weighted by Crippen LogP contribution is -2.23. The second-order valence-electron chi connectivity index (χ2n) is 4.34. The molecule has 4 nitrogen and oxygen atoms in total. The number of halogens is 1. The molecule has 0 radical (unpaired) electrons. The molecule has 1 amide bonds. The van der Waals surface area contributed by atoms with E-state index in [0.29, 0.717) is 12.3 Å². The average molecular weight is 289 g/mol. The summed E-state index contributed by atoms with van der Waals surface area (Å²) in [5, 5.41) is 2.73. The minimum Gasteiger partial charge on any atom is -0.496 e. The average Bonchev–Trinajstić information content (AvgIpc) is 2.52. The third-order valence-corrected chi connectivity index (χ3v) is 3.05. The molecule has 0 aliphatic carbocycles. The first-order valence-corrected chi connectivity index (χ1v) is 6.39. The maximum atomic E-state index is 13.6. The molecule has 1 N–H and O–H groups in total. The fourth-order valence-electron chi connectivity index (χ4n) is 1.93. The Morgan fingerprint density at radius 1 is 1.10 bits per heavy atom. The van der Waals surface area contributed by atoms with Crippen molar-refractivity contribution in [3.05, 3.63) is 59.4 Å². The van der Waals surface area contributed by atoms with Crippen molar-refractivity contribution in [1.29, 1.82) is 0 Å². The highest BCUT2D eigenvalue weighted by Gasteiger charge is 2.10. The Bertz CT molecular complexity index is 643. The largest absolute Gasteiger partial charge is 0.496 e. The van der Waals surface area contributed by atoms with E-state index >= 15 is 0 Å². The SMILES string of the molecule is COc1ccc(C(=O)NCc2ccccc2OC)cc1F. The van der Waals surface area contributed by atoms with Gasteiger partial charge < -0.3 is 14.8 Å². The van der Waals surface area contributed by atoms with Crippen LogP contribution < -0.4 is 14.8 Å². The summed E-state index contributed by atoms with van der Waals surface area (Å²) < 4.78 is 23.6. The fourth-order valence-corrected chi connectivity index (χ4v) is 1.93. The molecule has 0 heterocycles. The molecule has 5 heteroatoms. The summed E-state index contributed by atoms with van der Waals surface area (Å²) in [4.78, 5) is 12.0. The van der Waals surface area contributed by atoms with Gasteiger partial charge in [0.15, 0.2) is 11.6 Å². The van der Waals surface area contributed by atoms with E-state index in [1.807, 2.05) is 24.3 Å². The van der Waals surface area contributed by atoms with Gasteiger partial charge in [0.25, 0.3) is 5.91 Å². The number of nitrogens with one attached hydrogen (secondary N) is 1. The molecule has 2 aromatic carbocycles. The highest BCUT2D eigenvalue weighted by Crippen LogP contribution is 2.19. The van der Waals surface area contributed by atoms with Crippen molar-refractivity contribution in [2.75, 3.05) is 14.2 Å². The van der Waals surface area contributed by atoms with Crippen LogP contribution in [0.15, 0.2) is 42.5 Å². The Morgan fingerprint density at radius 3 is 2.48 bits per heavy atom. The van der Waals surface area contributed by atoms with Crippen molar-refractivity contribution in [3.63, 3.8) is 0 Å². The van der Waals surface area contributed by atoms with Crippen molar-refractivity contribution >= 4 is 5.91 Å². The molecular weight excluding hydrogens is 273 g/mol. The van der Waals surface area contributed by atoms with Gasteiger partial charge in [-0.1, -0.05) is 18.2 Å². The molecule has 0 atom stereocenters. The van der Waals surface area contributed by atoms with Gasteiger partial charge in [-0.3, -0.25) is 4.79 Å². The van der Waals surface area contributed by atoms with Crippen LogP contribution in [0.1, 0.15) is 15.9 Å². The van der Waals surface area contributed by atoms with Crippen LogP contribution in [0.4, 0.5) is 4.39 Å². The first-order valence-electron chi connectivity index (χ1n) is 6.39. The topological polar surface area (TPSA) is 47.6 Å². The van der Waals surface area contributed by atoms with Crippen LogP contribution in [0.2, 0.25) is 0 Å². The van der Waals surface area contributed by atoms with Crippen LogP contribution in [-0.2, 0) is 6.54 Å². The zero-order chi connectivity index (χ0) is 15.2. The summed E-state index contributed by atoms with van der Waals surface area (Å²) in [6.45, 7) is 0.302. The number of para-hydroxylation sites is 1. The van der Waals surface area contributed by atoms with Crippen LogP contribution in [0.25, 0.3) is 0 Å². The molecule has 0 aliphatic rings. The summed E-state index contributed by atoms with van der Waals surface area (Å²) in [7, 11) is 2.94. The predicted molar refractivity (Wildman–Crippen MR) is 77.1 cm³/mol. The first kappa shape index (κ1) is 14.8.